The van der Waals surface area contributed by atoms with Crippen LogP contribution in [0.25, 0.3) is 0 Å². The van der Waals surface area contributed by atoms with E-state index in [0.717, 1.165) is 17.7 Å². The number of hydrogen-bond acceptors (Lipinski definition) is 5. The molecular formula is C15H13N2O5S-. The molecular weight excluding hydrogens is 320 g/mol. The molecule has 0 saturated heterocycles. The number of aromatic carboxylic acids is 1. The fraction of sp³-hybridized carbons (Fsp3) is 0.0667. The van der Waals surface area contributed by atoms with E-state index in [2.05, 4.69) is 0 Å². The van der Waals surface area contributed by atoms with E-state index < -0.39 is 22.0 Å². The van der Waals surface area contributed by atoms with E-state index in [9.17, 15) is 23.1 Å². The number of rotatable bonds is 4. The average molecular weight is 333 g/mol. The molecule has 0 radical (unpaired) electrons. The third-order valence-electron chi connectivity index (χ3n) is 3.10. The van der Waals surface area contributed by atoms with Gasteiger partial charge in [-0.3, -0.25) is 0 Å². The summed E-state index contributed by atoms with van der Waals surface area (Å²) in [5.41, 5.74) is 5.84. The first kappa shape index (κ1) is 16.5. The molecule has 0 saturated carbocycles. The molecule has 2 amide bonds. The predicted molar refractivity (Wildman–Crippen MR) is 81.2 cm³/mol. The molecule has 2 aromatic rings. The number of aryl methyl sites for hydroxylation is 1. The highest BCUT2D eigenvalue weighted by Gasteiger charge is 2.29. The molecule has 0 heterocycles. The molecule has 7 nitrogen and oxygen atoms in total. The normalized spacial score (nSPS) is 11.0. The minimum Gasteiger partial charge on any atom is -0.545 e. The topological polar surface area (TPSA) is 121 Å². The number of benzene rings is 2. The average Bonchev–Trinajstić information content (AvgIpc) is 2.47. The Morgan fingerprint density at radius 3 is 1.96 bits per heavy atom. The van der Waals surface area contributed by atoms with Crippen molar-refractivity contribution in [3.63, 3.8) is 0 Å². The van der Waals surface area contributed by atoms with Gasteiger partial charge < -0.3 is 15.6 Å². The van der Waals surface area contributed by atoms with E-state index in [1.807, 2.05) is 0 Å². The predicted octanol–water partition coefficient (Wildman–Crippen LogP) is 0.633. The number of nitrogens with two attached hydrogens (primary N) is 1. The summed E-state index contributed by atoms with van der Waals surface area (Å²) in [6.07, 6.45) is 0. The standard InChI is InChI=1S/C15H14N2O5S/c1-10-2-8-13(9-3-10)23(21,22)17(15(16)20)12-6-4-11(5-7-12)14(18)19/h2-9H,1H3,(H2,16,20)(H,18,19)/p-1. The summed E-state index contributed by atoms with van der Waals surface area (Å²) >= 11 is 0. The highest BCUT2D eigenvalue weighted by molar-refractivity contribution is 7.93. The van der Waals surface area contributed by atoms with Gasteiger partial charge in [0.05, 0.1) is 16.6 Å². The minimum atomic E-state index is -4.21. The summed E-state index contributed by atoms with van der Waals surface area (Å²) in [5.74, 6) is -1.41. The summed E-state index contributed by atoms with van der Waals surface area (Å²) in [4.78, 5) is 22.3. The molecule has 120 valence electrons. The van der Waals surface area contributed by atoms with Crippen molar-refractivity contribution in [3.05, 3.63) is 59.7 Å². The first-order valence-corrected chi connectivity index (χ1v) is 7.90. The van der Waals surface area contributed by atoms with Gasteiger partial charge in [-0.2, -0.15) is 4.31 Å². The molecule has 0 unspecified atom stereocenters. The number of urea groups is 1. The second-order valence-corrected chi connectivity index (χ2v) is 6.54. The van der Waals surface area contributed by atoms with Crippen LogP contribution in [-0.4, -0.2) is 20.4 Å². The number of sulfonamides is 1. The van der Waals surface area contributed by atoms with Crippen molar-refractivity contribution < 1.29 is 23.1 Å². The fourth-order valence-electron chi connectivity index (χ4n) is 1.93. The van der Waals surface area contributed by atoms with Crippen LogP contribution in [-0.2, 0) is 10.0 Å². The van der Waals surface area contributed by atoms with Gasteiger partial charge in [0, 0.05) is 0 Å². The molecule has 2 N–H and O–H groups in total. The molecule has 2 rings (SSSR count). The van der Waals surface area contributed by atoms with Gasteiger partial charge in [-0.25, -0.2) is 13.2 Å². The summed E-state index contributed by atoms with van der Waals surface area (Å²) < 4.78 is 25.6. The molecule has 0 aliphatic heterocycles. The lowest BCUT2D eigenvalue weighted by Crippen LogP contribution is -2.40. The highest BCUT2D eigenvalue weighted by Crippen LogP contribution is 2.24. The zero-order valence-electron chi connectivity index (χ0n) is 12.1. The van der Waals surface area contributed by atoms with E-state index in [4.69, 9.17) is 5.73 Å². The quantitative estimate of drug-likeness (QED) is 0.880. The Kier molecular flexibility index (Phi) is 4.37. The van der Waals surface area contributed by atoms with Crippen molar-refractivity contribution in [2.75, 3.05) is 4.31 Å². The summed E-state index contributed by atoms with van der Waals surface area (Å²) in [6.45, 7) is 1.79. The number of anilines is 1. The van der Waals surface area contributed by atoms with E-state index >= 15 is 0 Å². The van der Waals surface area contributed by atoms with Gasteiger partial charge in [0.2, 0.25) is 0 Å². The molecule has 0 aromatic heterocycles. The zero-order chi connectivity index (χ0) is 17.2. The van der Waals surface area contributed by atoms with Gasteiger partial charge in [-0.05, 0) is 36.8 Å². The van der Waals surface area contributed by atoms with Crippen LogP contribution >= 0.6 is 0 Å². The molecule has 0 bridgehead atoms. The fourth-order valence-corrected chi connectivity index (χ4v) is 3.26. The second kappa shape index (κ2) is 6.09. The van der Waals surface area contributed by atoms with Crippen molar-refractivity contribution in [2.45, 2.75) is 11.8 Å². The van der Waals surface area contributed by atoms with Gasteiger partial charge in [-0.15, -0.1) is 0 Å². The maximum absolute atomic E-state index is 12.6. The molecule has 23 heavy (non-hydrogen) atoms. The third-order valence-corrected chi connectivity index (χ3v) is 4.84. The SMILES string of the molecule is Cc1ccc(S(=O)(=O)N(C(N)=O)c2ccc(C(=O)[O-])cc2)cc1. The number of carbonyl (C=O) groups excluding carboxylic acids is 2. The van der Waals surface area contributed by atoms with Crippen LogP contribution in [0.15, 0.2) is 53.4 Å². The van der Waals surface area contributed by atoms with Crippen molar-refractivity contribution >= 4 is 27.7 Å². The lowest BCUT2D eigenvalue weighted by molar-refractivity contribution is -0.255. The zero-order valence-corrected chi connectivity index (χ0v) is 12.9. The largest absolute Gasteiger partial charge is 0.545 e. The molecule has 2 aromatic carbocycles. The number of carbonyl (C=O) groups is 2. The number of carboxylic acid groups (broad SMARTS) is 1. The van der Waals surface area contributed by atoms with Gasteiger partial charge in [0.15, 0.2) is 0 Å². The van der Waals surface area contributed by atoms with Crippen molar-refractivity contribution in [3.8, 4) is 0 Å². The summed E-state index contributed by atoms with van der Waals surface area (Å²) in [7, 11) is -4.21. The summed E-state index contributed by atoms with van der Waals surface area (Å²) in [5, 5.41) is 10.7. The van der Waals surface area contributed by atoms with E-state index in [0.29, 0.717) is 4.31 Å². The van der Waals surface area contributed by atoms with E-state index in [1.54, 1.807) is 19.1 Å². The number of amides is 2. The maximum Gasteiger partial charge on any atom is 0.333 e. The smallest absolute Gasteiger partial charge is 0.333 e. The number of carboxylic acids is 1. The van der Waals surface area contributed by atoms with Crippen LogP contribution in [0.2, 0.25) is 0 Å². The molecule has 0 aliphatic carbocycles. The van der Waals surface area contributed by atoms with Crippen LogP contribution < -0.4 is 15.1 Å². The van der Waals surface area contributed by atoms with Crippen molar-refractivity contribution in [1.82, 2.24) is 0 Å². The molecule has 0 atom stereocenters. The highest BCUT2D eigenvalue weighted by atomic mass is 32.2. The van der Waals surface area contributed by atoms with Crippen LogP contribution in [0.5, 0.6) is 0 Å². The maximum atomic E-state index is 12.6. The van der Waals surface area contributed by atoms with Gasteiger partial charge in [0.1, 0.15) is 0 Å². The van der Waals surface area contributed by atoms with E-state index in [-0.39, 0.29) is 16.1 Å². The molecule has 0 spiro atoms. The van der Waals surface area contributed by atoms with Crippen LogP contribution in [0.1, 0.15) is 15.9 Å². The molecule has 8 heteroatoms. The van der Waals surface area contributed by atoms with Crippen LogP contribution in [0.3, 0.4) is 0 Å². The Hall–Kier alpha value is -2.87. The molecule has 0 aliphatic rings. The van der Waals surface area contributed by atoms with Crippen molar-refractivity contribution in [2.24, 2.45) is 5.73 Å². The number of nitrogens with zero attached hydrogens (tertiary/aromatic N) is 1. The van der Waals surface area contributed by atoms with Crippen LogP contribution in [0.4, 0.5) is 10.5 Å². The molecule has 0 fully saturated rings. The van der Waals surface area contributed by atoms with Gasteiger partial charge >= 0.3 is 6.03 Å². The first-order chi connectivity index (χ1) is 10.7. The Balaban J connectivity index is 2.51. The Morgan fingerprint density at radius 2 is 1.52 bits per heavy atom. The first-order valence-electron chi connectivity index (χ1n) is 6.46. The lowest BCUT2D eigenvalue weighted by Gasteiger charge is -2.21. The summed E-state index contributed by atoms with van der Waals surface area (Å²) in [6, 6.07) is 9.29. The number of primary amides is 1. The Labute approximate surface area is 133 Å². The van der Waals surface area contributed by atoms with Crippen LogP contribution in [0, 0.1) is 6.92 Å². The van der Waals surface area contributed by atoms with Gasteiger partial charge in [0.25, 0.3) is 10.0 Å². The lowest BCUT2D eigenvalue weighted by atomic mass is 10.2. The van der Waals surface area contributed by atoms with E-state index in [1.165, 1.54) is 24.3 Å². The Bertz CT molecular complexity index is 842. The Morgan fingerprint density at radius 1 is 1.00 bits per heavy atom. The van der Waals surface area contributed by atoms with Gasteiger partial charge in [-0.1, -0.05) is 29.8 Å². The van der Waals surface area contributed by atoms with Crippen molar-refractivity contribution in [1.29, 1.82) is 0 Å². The minimum absolute atomic E-state index is 0.0666. The second-order valence-electron chi connectivity index (χ2n) is 4.76. The monoisotopic (exact) mass is 333 g/mol. The third kappa shape index (κ3) is 3.32. The number of hydrogen-bond donors (Lipinski definition) is 1.